The number of pyridine rings is 1. The molecule has 6 heteroatoms. The highest BCUT2D eigenvalue weighted by Gasteiger charge is 2.07. The van der Waals surface area contributed by atoms with Crippen molar-refractivity contribution >= 4 is 27.5 Å². The van der Waals surface area contributed by atoms with Gasteiger partial charge in [-0.1, -0.05) is 12.1 Å². The van der Waals surface area contributed by atoms with Gasteiger partial charge in [-0.25, -0.2) is 9.97 Å². The molecule has 3 aromatic rings. The Kier molecular flexibility index (Phi) is 4.83. The zero-order chi connectivity index (χ0) is 16.1. The fourth-order valence-corrected chi connectivity index (χ4v) is 3.18. The van der Waals surface area contributed by atoms with Crippen LogP contribution in [0.3, 0.4) is 0 Å². The Hall–Kier alpha value is -2.47. The zero-order valence-electron chi connectivity index (χ0n) is 12.8. The lowest BCUT2D eigenvalue weighted by Crippen LogP contribution is -2.23. The van der Waals surface area contributed by atoms with Crippen LogP contribution in [0.2, 0.25) is 0 Å². The number of methoxy groups -OCH3 is 1. The van der Waals surface area contributed by atoms with E-state index in [0.29, 0.717) is 25.3 Å². The molecule has 5 nitrogen and oxygen atoms in total. The first kappa shape index (κ1) is 15.4. The van der Waals surface area contributed by atoms with Crippen molar-refractivity contribution in [1.29, 1.82) is 0 Å². The molecule has 0 aliphatic carbocycles. The van der Waals surface area contributed by atoms with Gasteiger partial charge in [-0.15, -0.1) is 11.3 Å². The molecule has 2 aromatic heterocycles. The van der Waals surface area contributed by atoms with Gasteiger partial charge in [-0.2, -0.15) is 0 Å². The van der Waals surface area contributed by atoms with E-state index in [1.807, 2.05) is 36.4 Å². The first-order valence-corrected chi connectivity index (χ1v) is 8.16. The molecule has 1 amide bonds. The van der Waals surface area contributed by atoms with E-state index in [-0.39, 0.29) is 5.91 Å². The standard InChI is InChI=1S/C17H17N3O2S/c1-22-16-10-12(8-9-18-16)11-19-15(21)6-7-17-20-13-4-2-3-5-14(13)23-17/h2-5,8-10H,6-7,11H2,1H3,(H,19,21). The highest BCUT2D eigenvalue weighted by atomic mass is 32.1. The monoisotopic (exact) mass is 327 g/mol. The number of para-hydroxylation sites is 1. The second-order valence-corrected chi connectivity index (χ2v) is 6.17. The normalized spacial score (nSPS) is 10.7. The number of nitrogens with one attached hydrogen (secondary N) is 1. The predicted molar refractivity (Wildman–Crippen MR) is 90.6 cm³/mol. The molecule has 3 rings (SSSR count). The Balaban J connectivity index is 1.51. The minimum absolute atomic E-state index is 0.0139. The molecule has 0 aliphatic rings. The maximum Gasteiger partial charge on any atom is 0.220 e. The Morgan fingerprint density at radius 2 is 2.17 bits per heavy atom. The van der Waals surface area contributed by atoms with Gasteiger partial charge >= 0.3 is 0 Å². The number of hydrogen-bond donors (Lipinski definition) is 1. The van der Waals surface area contributed by atoms with Gasteiger partial charge in [0.1, 0.15) is 0 Å². The molecule has 2 heterocycles. The summed E-state index contributed by atoms with van der Waals surface area (Å²) in [5, 5.41) is 3.90. The number of benzene rings is 1. The molecule has 0 saturated carbocycles. The number of aryl methyl sites for hydroxylation is 1. The van der Waals surface area contributed by atoms with Gasteiger partial charge in [0.05, 0.1) is 22.3 Å². The number of ether oxygens (including phenoxy) is 1. The molecule has 0 saturated heterocycles. The molecular formula is C17H17N3O2S. The van der Waals surface area contributed by atoms with E-state index < -0.39 is 0 Å². The number of carbonyl (C=O) groups is 1. The van der Waals surface area contributed by atoms with Gasteiger partial charge in [0.2, 0.25) is 11.8 Å². The van der Waals surface area contributed by atoms with Crippen LogP contribution in [0.15, 0.2) is 42.6 Å². The summed E-state index contributed by atoms with van der Waals surface area (Å²) in [6, 6.07) is 11.7. The Morgan fingerprint density at radius 3 is 3.00 bits per heavy atom. The lowest BCUT2D eigenvalue weighted by atomic mass is 10.2. The number of carbonyl (C=O) groups excluding carboxylic acids is 1. The average molecular weight is 327 g/mol. The van der Waals surface area contributed by atoms with Crippen molar-refractivity contribution < 1.29 is 9.53 Å². The van der Waals surface area contributed by atoms with Crippen LogP contribution in [-0.2, 0) is 17.8 Å². The number of thiazole rings is 1. The van der Waals surface area contributed by atoms with Gasteiger partial charge in [-0.05, 0) is 23.8 Å². The van der Waals surface area contributed by atoms with Gasteiger partial charge in [-0.3, -0.25) is 4.79 Å². The van der Waals surface area contributed by atoms with Gasteiger partial charge in [0.25, 0.3) is 0 Å². The second-order valence-electron chi connectivity index (χ2n) is 5.06. The molecular weight excluding hydrogens is 310 g/mol. The average Bonchev–Trinajstić information content (AvgIpc) is 3.01. The number of nitrogens with zero attached hydrogens (tertiary/aromatic N) is 2. The second kappa shape index (κ2) is 7.19. The minimum Gasteiger partial charge on any atom is -0.481 e. The Bertz CT molecular complexity index is 783. The van der Waals surface area contributed by atoms with Crippen molar-refractivity contribution in [2.75, 3.05) is 7.11 Å². The number of aromatic nitrogens is 2. The molecule has 0 fully saturated rings. The summed E-state index contributed by atoms with van der Waals surface area (Å²) in [7, 11) is 1.57. The molecule has 0 radical (unpaired) electrons. The number of rotatable bonds is 6. The van der Waals surface area contributed by atoms with Crippen LogP contribution in [0.25, 0.3) is 10.2 Å². The fourth-order valence-electron chi connectivity index (χ4n) is 2.21. The van der Waals surface area contributed by atoms with E-state index in [9.17, 15) is 4.79 Å². The molecule has 23 heavy (non-hydrogen) atoms. The van der Waals surface area contributed by atoms with Crippen molar-refractivity contribution in [3.63, 3.8) is 0 Å². The van der Waals surface area contributed by atoms with Crippen molar-refractivity contribution in [2.24, 2.45) is 0 Å². The van der Waals surface area contributed by atoms with E-state index in [0.717, 1.165) is 20.8 Å². The summed E-state index contributed by atoms with van der Waals surface area (Å²) >= 11 is 1.64. The van der Waals surface area contributed by atoms with Crippen LogP contribution < -0.4 is 10.1 Å². The highest BCUT2D eigenvalue weighted by Crippen LogP contribution is 2.22. The van der Waals surface area contributed by atoms with Crippen molar-refractivity contribution in [3.05, 3.63) is 53.2 Å². The van der Waals surface area contributed by atoms with E-state index in [4.69, 9.17) is 4.74 Å². The molecule has 0 aliphatic heterocycles. The van der Waals surface area contributed by atoms with Crippen LogP contribution >= 0.6 is 11.3 Å². The number of amides is 1. The zero-order valence-corrected chi connectivity index (χ0v) is 13.6. The summed E-state index contributed by atoms with van der Waals surface area (Å²) in [6.07, 6.45) is 2.76. The van der Waals surface area contributed by atoms with Crippen molar-refractivity contribution in [3.8, 4) is 5.88 Å². The molecule has 1 aromatic carbocycles. The summed E-state index contributed by atoms with van der Waals surface area (Å²) in [4.78, 5) is 20.6. The SMILES string of the molecule is COc1cc(CNC(=O)CCc2nc3ccccc3s2)ccn1. The summed E-state index contributed by atoms with van der Waals surface area (Å²) in [5.41, 5.74) is 1.96. The van der Waals surface area contributed by atoms with Crippen molar-refractivity contribution in [2.45, 2.75) is 19.4 Å². The van der Waals surface area contributed by atoms with Crippen LogP contribution in [0.4, 0.5) is 0 Å². The molecule has 0 bridgehead atoms. The lowest BCUT2D eigenvalue weighted by molar-refractivity contribution is -0.121. The summed E-state index contributed by atoms with van der Waals surface area (Å²) in [6.45, 7) is 0.470. The fraction of sp³-hybridized carbons (Fsp3) is 0.235. The Morgan fingerprint density at radius 1 is 1.30 bits per heavy atom. The molecule has 0 spiro atoms. The number of fused-ring (bicyclic) bond motifs is 1. The Labute approximate surface area is 138 Å². The third-order valence-electron chi connectivity index (χ3n) is 3.40. The van der Waals surface area contributed by atoms with Crippen molar-refractivity contribution in [1.82, 2.24) is 15.3 Å². The summed E-state index contributed by atoms with van der Waals surface area (Å²) < 4.78 is 6.22. The van der Waals surface area contributed by atoms with Gasteiger partial charge in [0.15, 0.2) is 0 Å². The third kappa shape index (κ3) is 4.04. The van der Waals surface area contributed by atoms with E-state index in [1.54, 1.807) is 24.6 Å². The van der Waals surface area contributed by atoms with Crippen LogP contribution in [0.1, 0.15) is 17.0 Å². The van der Waals surface area contributed by atoms with E-state index in [2.05, 4.69) is 15.3 Å². The maximum absolute atomic E-state index is 12.0. The molecule has 0 unspecified atom stereocenters. The quantitative estimate of drug-likeness (QED) is 0.756. The van der Waals surface area contributed by atoms with Gasteiger partial charge in [0, 0.05) is 31.6 Å². The molecule has 1 N–H and O–H groups in total. The summed E-state index contributed by atoms with van der Waals surface area (Å²) in [5.74, 6) is 0.561. The maximum atomic E-state index is 12.0. The highest BCUT2D eigenvalue weighted by molar-refractivity contribution is 7.18. The first-order chi connectivity index (χ1) is 11.2. The van der Waals surface area contributed by atoms with Crippen LogP contribution in [0, 0.1) is 0 Å². The third-order valence-corrected chi connectivity index (χ3v) is 4.50. The minimum atomic E-state index is 0.0139. The molecule has 118 valence electrons. The van der Waals surface area contributed by atoms with E-state index in [1.165, 1.54) is 0 Å². The predicted octanol–water partition coefficient (Wildman–Crippen LogP) is 2.95. The smallest absolute Gasteiger partial charge is 0.220 e. The van der Waals surface area contributed by atoms with Crippen LogP contribution in [-0.4, -0.2) is 23.0 Å². The topological polar surface area (TPSA) is 64.1 Å². The number of hydrogen-bond acceptors (Lipinski definition) is 5. The van der Waals surface area contributed by atoms with Gasteiger partial charge < -0.3 is 10.1 Å². The lowest BCUT2D eigenvalue weighted by Gasteiger charge is -2.05. The van der Waals surface area contributed by atoms with Crippen LogP contribution in [0.5, 0.6) is 5.88 Å². The van der Waals surface area contributed by atoms with E-state index >= 15 is 0 Å². The largest absolute Gasteiger partial charge is 0.481 e. The molecule has 0 atom stereocenters. The first-order valence-electron chi connectivity index (χ1n) is 7.34.